The van der Waals surface area contributed by atoms with Crippen LogP contribution in [0.4, 0.5) is 5.82 Å². The van der Waals surface area contributed by atoms with E-state index in [1.807, 2.05) is 36.5 Å². The van der Waals surface area contributed by atoms with Crippen molar-refractivity contribution in [2.75, 3.05) is 31.1 Å². The Hall–Kier alpha value is -2.85. The number of anilines is 1. The fourth-order valence-corrected chi connectivity index (χ4v) is 3.47. The van der Waals surface area contributed by atoms with Gasteiger partial charge in [-0.3, -0.25) is 4.90 Å². The van der Waals surface area contributed by atoms with Crippen molar-refractivity contribution in [1.29, 1.82) is 0 Å². The van der Waals surface area contributed by atoms with Crippen LogP contribution in [0.5, 0.6) is 5.75 Å². The minimum atomic E-state index is 0.304. The highest BCUT2D eigenvalue weighted by Gasteiger charge is 2.18. The molecule has 1 fully saturated rings. The molecule has 1 N–H and O–H groups in total. The van der Waals surface area contributed by atoms with Crippen molar-refractivity contribution in [2.24, 2.45) is 0 Å². The smallest absolute Gasteiger partial charge is 0.128 e. The van der Waals surface area contributed by atoms with Crippen molar-refractivity contribution in [3.05, 3.63) is 78.5 Å². The fourth-order valence-electron chi connectivity index (χ4n) is 3.47. The summed E-state index contributed by atoms with van der Waals surface area (Å²) in [6.45, 7) is 5.02. The maximum Gasteiger partial charge on any atom is 0.128 e. The number of rotatable bonds is 4. The van der Waals surface area contributed by atoms with E-state index in [-0.39, 0.29) is 0 Å². The second-order valence-corrected chi connectivity index (χ2v) is 6.70. The zero-order valence-corrected chi connectivity index (χ0v) is 14.8. The Kier molecular flexibility index (Phi) is 4.84. The molecule has 0 atom stereocenters. The molecule has 2 aromatic carbocycles. The summed E-state index contributed by atoms with van der Waals surface area (Å²) in [5.74, 6) is 1.37. The molecule has 0 radical (unpaired) electrons. The number of pyridine rings is 1. The lowest BCUT2D eigenvalue weighted by molar-refractivity contribution is 0.249. The van der Waals surface area contributed by atoms with Gasteiger partial charge in [0.2, 0.25) is 0 Å². The molecule has 1 aromatic heterocycles. The van der Waals surface area contributed by atoms with Crippen LogP contribution < -0.4 is 4.90 Å². The Morgan fingerprint density at radius 3 is 2.31 bits per heavy atom. The number of piperazine rings is 1. The van der Waals surface area contributed by atoms with E-state index in [9.17, 15) is 5.11 Å². The monoisotopic (exact) mass is 345 g/mol. The molecule has 4 rings (SSSR count). The first-order chi connectivity index (χ1) is 12.8. The summed E-state index contributed by atoms with van der Waals surface area (Å²) in [5.41, 5.74) is 3.49. The summed E-state index contributed by atoms with van der Waals surface area (Å²) in [6, 6.07) is 22.1. The summed E-state index contributed by atoms with van der Waals surface area (Å²) in [6.07, 6.45) is 1.86. The minimum Gasteiger partial charge on any atom is -0.508 e. The predicted molar refractivity (Wildman–Crippen MR) is 105 cm³/mol. The van der Waals surface area contributed by atoms with E-state index in [4.69, 9.17) is 0 Å². The molecule has 0 saturated carbocycles. The van der Waals surface area contributed by atoms with Gasteiger partial charge in [-0.1, -0.05) is 36.4 Å². The van der Waals surface area contributed by atoms with Gasteiger partial charge in [-0.2, -0.15) is 0 Å². The molecule has 132 valence electrons. The van der Waals surface area contributed by atoms with Gasteiger partial charge in [-0.15, -0.1) is 0 Å². The SMILES string of the molecule is Oc1cccc(-c2cccc(CN3CCN(c4ccccn4)CC3)c2)c1. The van der Waals surface area contributed by atoms with Crippen molar-refractivity contribution in [1.82, 2.24) is 9.88 Å². The van der Waals surface area contributed by atoms with E-state index in [1.165, 1.54) is 5.56 Å². The molecule has 1 saturated heterocycles. The Bertz CT molecular complexity index is 858. The molecule has 1 aliphatic rings. The van der Waals surface area contributed by atoms with Gasteiger partial charge in [0.1, 0.15) is 11.6 Å². The first-order valence-electron chi connectivity index (χ1n) is 9.05. The van der Waals surface area contributed by atoms with Gasteiger partial charge < -0.3 is 10.0 Å². The van der Waals surface area contributed by atoms with Gasteiger partial charge in [-0.05, 0) is 47.0 Å². The quantitative estimate of drug-likeness (QED) is 0.781. The van der Waals surface area contributed by atoms with Crippen molar-refractivity contribution in [3.8, 4) is 16.9 Å². The summed E-state index contributed by atoms with van der Waals surface area (Å²) in [5, 5.41) is 9.71. The molecular weight excluding hydrogens is 322 g/mol. The highest BCUT2D eigenvalue weighted by atomic mass is 16.3. The Labute approximate surface area is 154 Å². The highest BCUT2D eigenvalue weighted by molar-refractivity contribution is 5.65. The van der Waals surface area contributed by atoms with E-state index in [0.29, 0.717) is 5.75 Å². The van der Waals surface area contributed by atoms with Gasteiger partial charge >= 0.3 is 0 Å². The van der Waals surface area contributed by atoms with Gasteiger partial charge in [0.15, 0.2) is 0 Å². The molecular formula is C22H23N3O. The van der Waals surface area contributed by atoms with Gasteiger partial charge in [-0.25, -0.2) is 4.98 Å². The fraction of sp³-hybridized carbons (Fsp3) is 0.227. The van der Waals surface area contributed by atoms with Crippen LogP contribution in [-0.4, -0.2) is 41.2 Å². The van der Waals surface area contributed by atoms with Gasteiger partial charge in [0.05, 0.1) is 0 Å². The van der Waals surface area contributed by atoms with E-state index in [1.54, 1.807) is 6.07 Å². The first-order valence-corrected chi connectivity index (χ1v) is 9.05. The number of phenolic OH excluding ortho intramolecular Hbond substituents is 1. The van der Waals surface area contributed by atoms with Crippen LogP contribution >= 0.6 is 0 Å². The largest absolute Gasteiger partial charge is 0.508 e. The van der Waals surface area contributed by atoms with Gasteiger partial charge in [0.25, 0.3) is 0 Å². The molecule has 1 aliphatic heterocycles. The number of hydrogen-bond donors (Lipinski definition) is 1. The van der Waals surface area contributed by atoms with Crippen molar-refractivity contribution < 1.29 is 5.11 Å². The van der Waals surface area contributed by atoms with E-state index >= 15 is 0 Å². The number of nitrogens with zero attached hydrogens (tertiary/aromatic N) is 3. The second kappa shape index (κ2) is 7.58. The number of phenols is 1. The second-order valence-electron chi connectivity index (χ2n) is 6.70. The molecule has 4 nitrogen and oxygen atoms in total. The minimum absolute atomic E-state index is 0.304. The Balaban J connectivity index is 1.40. The first kappa shape index (κ1) is 16.6. The molecule has 0 spiro atoms. The van der Waals surface area contributed by atoms with E-state index < -0.39 is 0 Å². The maximum atomic E-state index is 9.71. The van der Waals surface area contributed by atoms with Crippen LogP contribution in [0.1, 0.15) is 5.56 Å². The average Bonchev–Trinajstić information content (AvgIpc) is 2.69. The summed E-state index contributed by atoms with van der Waals surface area (Å²) in [4.78, 5) is 9.28. The third-order valence-corrected chi connectivity index (χ3v) is 4.86. The van der Waals surface area contributed by atoms with Crippen molar-refractivity contribution in [3.63, 3.8) is 0 Å². The van der Waals surface area contributed by atoms with Crippen LogP contribution in [0.25, 0.3) is 11.1 Å². The zero-order valence-electron chi connectivity index (χ0n) is 14.8. The number of aromatic hydroxyl groups is 1. The lowest BCUT2D eigenvalue weighted by Crippen LogP contribution is -2.46. The standard InChI is InChI=1S/C22H23N3O/c26-21-8-4-7-20(16-21)19-6-3-5-18(15-19)17-24-11-13-25(14-12-24)22-9-1-2-10-23-22/h1-10,15-16,26H,11-14,17H2. The van der Waals surface area contributed by atoms with Crippen molar-refractivity contribution in [2.45, 2.75) is 6.54 Å². The summed E-state index contributed by atoms with van der Waals surface area (Å²) < 4.78 is 0. The number of aromatic nitrogens is 1. The molecule has 0 unspecified atom stereocenters. The lowest BCUT2D eigenvalue weighted by atomic mass is 10.0. The van der Waals surface area contributed by atoms with Crippen LogP contribution in [0, 0.1) is 0 Å². The van der Waals surface area contributed by atoms with Crippen LogP contribution in [0.2, 0.25) is 0 Å². The molecule has 0 bridgehead atoms. The third-order valence-electron chi connectivity index (χ3n) is 4.86. The average molecular weight is 345 g/mol. The topological polar surface area (TPSA) is 39.6 Å². The van der Waals surface area contributed by atoms with Crippen LogP contribution in [0.3, 0.4) is 0 Å². The Morgan fingerprint density at radius 1 is 0.808 bits per heavy atom. The molecule has 0 aliphatic carbocycles. The molecule has 3 aromatic rings. The summed E-state index contributed by atoms with van der Waals surface area (Å²) >= 11 is 0. The molecule has 26 heavy (non-hydrogen) atoms. The lowest BCUT2D eigenvalue weighted by Gasteiger charge is -2.35. The van der Waals surface area contributed by atoms with Gasteiger partial charge in [0, 0.05) is 38.9 Å². The third kappa shape index (κ3) is 3.86. The van der Waals surface area contributed by atoms with Crippen LogP contribution in [0.15, 0.2) is 72.9 Å². The van der Waals surface area contributed by atoms with Crippen molar-refractivity contribution >= 4 is 5.82 Å². The Morgan fingerprint density at radius 2 is 1.58 bits per heavy atom. The number of benzene rings is 2. The predicted octanol–water partition coefficient (Wildman–Crippen LogP) is 3.78. The maximum absolute atomic E-state index is 9.71. The van der Waals surface area contributed by atoms with E-state index in [0.717, 1.165) is 49.7 Å². The zero-order chi connectivity index (χ0) is 17.8. The highest BCUT2D eigenvalue weighted by Crippen LogP contribution is 2.24. The van der Waals surface area contributed by atoms with Crippen LogP contribution in [-0.2, 0) is 6.54 Å². The summed E-state index contributed by atoms with van der Waals surface area (Å²) in [7, 11) is 0. The normalized spacial score (nSPS) is 15.2. The number of hydrogen-bond acceptors (Lipinski definition) is 4. The molecule has 0 amide bonds. The molecule has 2 heterocycles. The van der Waals surface area contributed by atoms with E-state index in [2.05, 4.69) is 45.1 Å². The molecule has 4 heteroatoms.